The third kappa shape index (κ3) is 2.93. The summed E-state index contributed by atoms with van der Waals surface area (Å²) in [7, 11) is 0. The predicted octanol–water partition coefficient (Wildman–Crippen LogP) is 1.75. The van der Waals surface area contributed by atoms with Crippen molar-refractivity contribution in [3.63, 3.8) is 0 Å². The number of fused-ring (bicyclic) bond motifs is 1. The van der Waals surface area contributed by atoms with Crippen LogP contribution in [0.3, 0.4) is 0 Å². The summed E-state index contributed by atoms with van der Waals surface area (Å²) in [4.78, 5) is 21.5. The van der Waals surface area contributed by atoms with Gasteiger partial charge in [-0.1, -0.05) is 18.2 Å². The van der Waals surface area contributed by atoms with E-state index in [9.17, 15) is 9.59 Å². The van der Waals surface area contributed by atoms with Gasteiger partial charge in [-0.2, -0.15) is 0 Å². The second kappa shape index (κ2) is 4.82. The summed E-state index contributed by atoms with van der Waals surface area (Å²) < 4.78 is 0. The van der Waals surface area contributed by atoms with Crippen LogP contribution in [-0.4, -0.2) is 17.0 Å². The van der Waals surface area contributed by atoms with Gasteiger partial charge in [0.25, 0.3) is 0 Å². The number of benzene rings is 1. The minimum Gasteiger partial charge on any atom is -0.478 e. The number of allylic oxidation sites excluding steroid dienone is 1. The van der Waals surface area contributed by atoms with Crippen LogP contribution >= 0.6 is 0 Å². The molecule has 1 aliphatic rings. The van der Waals surface area contributed by atoms with E-state index in [-0.39, 0.29) is 5.91 Å². The van der Waals surface area contributed by atoms with Gasteiger partial charge in [0.1, 0.15) is 0 Å². The molecule has 0 aromatic heterocycles. The zero-order valence-electron chi connectivity index (χ0n) is 9.27. The molecule has 0 fully saturated rings. The summed E-state index contributed by atoms with van der Waals surface area (Å²) >= 11 is 0. The second-order valence-corrected chi connectivity index (χ2v) is 3.98. The van der Waals surface area contributed by atoms with Crippen LogP contribution in [0.25, 0.3) is 0 Å². The number of aliphatic carboxylic acids is 1. The predicted molar refractivity (Wildman–Crippen MR) is 63.9 cm³/mol. The van der Waals surface area contributed by atoms with Crippen molar-refractivity contribution in [3.05, 3.63) is 41.5 Å². The Morgan fingerprint density at radius 1 is 1.41 bits per heavy atom. The van der Waals surface area contributed by atoms with Crippen molar-refractivity contribution in [1.29, 1.82) is 0 Å². The van der Waals surface area contributed by atoms with E-state index in [0.29, 0.717) is 12.8 Å². The zero-order valence-corrected chi connectivity index (χ0v) is 9.27. The van der Waals surface area contributed by atoms with Crippen LogP contribution in [0.4, 0.5) is 5.69 Å². The van der Waals surface area contributed by atoms with E-state index < -0.39 is 5.97 Å². The highest BCUT2D eigenvalue weighted by Crippen LogP contribution is 2.23. The normalized spacial score (nSPS) is 14.5. The average Bonchev–Trinajstić information content (AvgIpc) is 2.29. The van der Waals surface area contributed by atoms with Gasteiger partial charge in [0, 0.05) is 18.2 Å². The number of amides is 1. The van der Waals surface area contributed by atoms with Crippen LogP contribution in [0, 0.1) is 0 Å². The number of nitrogens with one attached hydrogen (secondary N) is 1. The van der Waals surface area contributed by atoms with E-state index in [0.717, 1.165) is 29.3 Å². The van der Waals surface area contributed by atoms with E-state index in [4.69, 9.17) is 5.11 Å². The molecule has 2 N–H and O–H groups in total. The first-order chi connectivity index (χ1) is 8.15. The minimum atomic E-state index is -0.935. The Morgan fingerprint density at radius 2 is 2.24 bits per heavy atom. The summed E-state index contributed by atoms with van der Waals surface area (Å²) in [6.07, 6.45) is 4.61. The number of anilines is 1. The number of carboxylic acids is 1. The molecule has 0 bridgehead atoms. The monoisotopic (exact) mass is 231 g/mol. The van der Waals surface area contributed by atoms with E-state index in [1.54, 1.807) is 6.08 Å². The number of carbonyl (C=O) groups excluding carboxylic acids is 1. The number of carboxylic acid groups (broad SMARTS) is 1. The molecule has 0 radical (unpaired) electrons. The Labute approximate surface area is 99.0 Å². The van der Waals surface area contributed by atoms with Crippen LogP contribution in [0.1, 0.15) is 17.5 Å². The highest BCUT2D eigenvalue weighted by molar-refractivity contribution is 5.93. The first-order valence-electron chi connectivity index (χ1n) is 5.46. The fourth-order valence-electron chi connectivity index (χ4n) is 1.86. The molecule has 0 spiro atoms. The molecule has 1 heterocycles. The third-order valence-electron chi connectivity index (χ3n) is 2.68. The molecule has 4 nitrogen and oxygen atoms in total. The van der Waals surface area contributed by atoms with Crippen LogP contribution < -0.4 is 5.32 Å². The number of carbonyl (C=O) groups is 2. The maximum atomic E-state index is 11.2. The Balaban J connectivity index is 2.11. The van der Waals surface area contributed by atoms with Gasteiger partial charge < -0.3 is 10.4 Å². The van der Waals surface area contributed by atoms with Gasteiger partial charge in [-0.25, -0.2) is 4.79 Å². The number of hydrogen-bond acceptors (Lipinski definition) is 2. The molecule has 1 aliphatic heterocycles. The van der Waals surface area contributed by atoms with Crippen LogP contribution in [0.15, 0.2) is 30.4 Å². The van der Waals surface area contributed by atoms with Gasteiger partial charge in [-0.05, 0) is 30.0 Å². The third-order valence-corrected chi connectivity index (χ3v) is 2.68. The number of hydrogen-bond donors (Lipinski definition) is 2. The lowest BCUT2D eigenvalue weighted by Gasteiger charge is -2.17. The van der Waals surface area contributed by atoms with E-state index >= 15 is 0 Å². The Kier molecular flexibility index (Phi) is 3.23. The molecular formula is C13H13NO3. The Morgan fingerprint density at radius 3 is 3.00 bits per heavy atom. The van der Waals surface area contributed by atoms with Gasteiger partial charge in [0.05, 0.1) is 0 Å². The van der Waals surface area contributed by atoms with Crippen molar-refractivity contribution in [2.45, 2.75) is 19.3 Å². The molecule has 1 aromatic carbocycles. The van der Waals surface area contributed by atoms with Crippen molar-refractivity contribution < 1.29 is 14.7 Å². The van der Waals surface area contributed by atoms with Gasteiger partial charge in [-0.3, -0.25) is 4.79 Å². The van der Waals surface area contributed by atoms with E-state index in [1.165, 1.54) is 0 Å². The highest BCUT2D eigenvalue weighted by Gasteiger charge is 2.14. The van der Waals surface area contributed by atoms with Crippen LogP contribution in [0.5, 0.6) is 0 Å². The van der Waals surface area contributed by atoms with Crippen molar-refractivity contribution in [2.24, 2.45) is 0 Å². The number of aryl methyl sites for hydroxylation is 1. The molecule has 1 amide bonds. The largest absolute Gasteiger partial charge is 0.478 e. The fourth-order valence-corrected chi connectivity index (χ4v) is 1.86. The molecule has 2 rings (SSSR count). The van der Waals surface area contributed by atoms with E-state index in [2.05, 4.69) is 5.32 Å². The molecule has 4 heteroatoms. The Bertz CT molecular complexity index is 491. The zero-order chi connectivity index (χ0) is 12.3. The maximum Gasteiger partial charge on any atom is 0.327 e. The summed E-state index contributed by atoms with van der Waals surface area (Å²) in [5.41, 5.74) is 3.04. The van der Waals surface area contributed by atoms with E-state index in [1.807, 2.05) is 18.2 Å². The van der Waals surface area contributed by atoms with Gasteiger partial charge in [-0.15, -0.1) is 0 Å². The summed E-state index contributed by atoms with van der Waals surface area (Å²) in [6, 6.07) is 5.79. The van der Waals surface area contributed by atoms with Crippen LogP contribution in [-0.2, 0) is 22.4 Å². The highest BCUT2D eigenvalue weighted by atomic mass is 16.4. The van der Waals surface area contributed by atoms with Gasteiger partial charge in [0.15, 0.2) is 0 Å². The summed E-state index contributed by atoms with van der Waals surface area (Å²) in [6.45, 7) is 0. The average molecular weight is 231 g/mol. The lowest BCUT2D eigenvalue weighted by Crippen LogP contribution is -2.18. The standard InChI is InChI=1S/C13H13NO3/c15-12-7-5-10-8-9(2-1-3-13(16)17)4-6-11(10)14-12/h1,3-4,6,8H,2,5,7H2,(H,14,15)(H,16,17)/b3-1+. The Hall–Kier alpha value is -2.10. The molecule has 1 aromatic rings. The second-order valence-electron chi connectivity index (χ2n) is 3.98. The van der Waals surface area contributed by atoms with Crippen molar-refractivity contribution in [2.75, 3.05) is 5.32 Å². The van der Waals surface area contributed by atoms with Crippen molar-refractivity contribution >= 4 is 17.6 Å². The quantitative estimate of drug-likeness (QED) is 0.779. The molecule has 0 saturated heterocycles. The molecule has 0 saturated carbocycles. The summed E-state index contributed by atoms with van der Waals surface area (Å²) in [5.74, 6) is -0.883. The SMILES string of the molecule is O=C(O)/C=C/Cc1ccc2c(c1)CCC(=O)N2. The van der Waals surface area contributed by atoms with Gasteiger partial charge >= 0.3 is 5.97 Å². The summed E-state index contributed by atoms with van der Waals surface area (Å²) in [5, 5.41) is 11.3. The fraction of sp³-hybridized carbons (Fsp3) is 0.231. The molecule has 0 atom stereocenters. The van der Waals surface area contributed by atoms with Gasteiger partial charge in [0.2, 0.25) is 5.91 Å². The lowest BCUT2D eigenvalue weighted by molar-refractivity contribution is -0.131. The lowest BCUT2D eigenvalue weighted by atomic mass is 9.99. The van der Waals surface area contributed by atoms with Crippen molar-refractivity contribution in [3.8, 4) is 0 Å². The first kappa shape index (κ1) is 11.4. The minimum absolute atomic E-state index is 0.0519. The first-order valence-corrected chi connectivity index (χ1v) is 5.46. The molecule has 88 valence electrons. The maximum absolute atomic E-state index is 11.2. The topological polar surface area (TPSA) is 66.4 Å². The molecule has 17 heavy (non-hydrogen) atoms. The number of rotatable bonds is 3. The molecule has 0 aliphatic carbocycles. The van der Waals surface area contributed by atoms with Crippen LogP contribution in [0.2, 0.25) is 0 Å². The smallest absolute Gasteiger partial charge is 0.327 e. The van der Waals surface area contributed by atoms with Crippen molar-refractivity contribution in [1.82, 2.24) is 0 Å². The molecule has 0 unspecified atom stereocenters. The molecular weight excluding hydrogens is 218 g/mol.